The predicted molar refractivity (Wildman–Crippen MR) is 91.5 cm³/mol. The van der Waals surface area contributed by atoms with Gasteiger partial charge in [-0.15, -0.1) is 0 Å². The van der Waals surface area contributed by atoms with Crippen molar-refractivity contribution in [3.63, 3.8) is 0 Å². The first kappa shape index (κ1) is 13.3. The molecule has 0 nitrogen and oxygen atoms in total. The molecule has 1 heteroatoms. The molecule has 0 saturated carbocycles. The van der Waals surface area contributed by atoms with E-state index in [0.29, 0.717) is 0 Å². The van der Waals surface area contributed by atoms with E-state index >= 15 is 0 Å². The normalized spacial score (nSPS) is 10.8. The SMILES string of the molecule is CSCCc1cc2ccccc2cc1-c1ccccc1. The third-order valence-electron chi connectivity index (χ3n) is 3.63. The molecule has 0 heterocycles. The van der Waals surface area contributed by atoms with Gasteiger partial charge in [0.2, 0.25) is 0 Å². The van der Waals surface area contributed by atoms with Crippen molar-refractivity contribution in [3.05, 3.63) is 72.3 Å². The number of rotatable bonds is 4. The largest absolute Gasteiger partial charge is 0.165 e. The second-order valence-corrected chi connectivity index (χ2v) is 5.95. The number of benzene rings is 3. The van der Waals surface area contributed by atoms with Crippen LogP contribution < -0.4 is 0 Å². The van der Waals surface area contributed by atoms with Crippen molar-refractivity contribution in [2.24, 2.45) is 0 Å². The lowest BCUT2D eigenvalue weighted by Crippen LogP contribution is -1.93. The van der Waals surface area contributed by atoms with Crippen LogP contribution in [0.1, 0.15) is 5.56 Å². The first-order chi connectivity index (χ1) is 9.88. The molecule has 0 aliphatic rings. The second-order valence-electron chi connectivity index (χ2n) is 4.97. The van der Waals surface area contributed by atoms with E-state index in [1.165, 1.54) is 27.5 Å². The maximum atomic E-state index is 2.36. The monoisotopic (exact) mass is 278 g/mol. The van der Waals surface area contributed by atoms with Gasteiger partial charge in [-0.3, -0.25) is 0 Å². The highest BCUT2D eigenvalue weighted by Gasteiger charge is 2.07. The van der Waals surface area contributed by atoms with Gasteiger partial charge in [0.15, 0.2) is 0 Å². The minimum Gasteiger partial charge on any atom is -0.165 e. The van der Waals surface area contributed by atoms with Crippen LogP contribution in [0.4, 0.5) is 0 Å². The quantitative estimate of drug-likeness (QED) is 0.614. The molecule has 3 aromatic carbocycles. The zero-order chi connectivity index (χ0) is 13.8. The van der Waals surface area contributed by atoms with Crippen LogP contribution in [-0.4, -0.2) is 12.0 Å². The summed E-state index contributed by atoms with van der Waals surface area (Å²) >= 11 is 1.91. The summed E-state index contributed by atoms with van der Waals surface area (Å²) in [6, 6.07) is 24.0. The van der Waals surface area contributed by atoms with Crippen LogP contribution in [-0.2, 0) is 6.42 Å². The van der Waals surface area contributed by atoms with Gasteiger partial charge in [-0.1, -0.05) is 60.7 Å². The van der Waals surface area contributed by atoms with E-state index in [1.807, 2.05) is 11.8 Å². The molecule has 0 bridgehead atoms. The van der Waals surface area contributed by atoms with E-state index in [9.17, 15) is 0 Å². The van der Waals surface area contributed by atoms with Crippen LogP contribution in [0.15, 0.2) is 66.7 Å². The summed E-state index contributed by atoms with van der Waals surface area (Å²) in [4.78, 5) is 0. The molecule has 0 atom stereocenters. The Morgan fingerprint density at radius 3 is 2.15 bits per heavy atom. The summed E-state index contributed by atoms with van der Waals surface area (Å²) in [6.07, 6.45) is 3.29. The lowest BCUT2D eigenvalue weighted by Gasteiger charge is -2.12. The highest BCUT2D eigenvalue weighted by molar-refractivity contribution is 7.98. The van der Waals surface area contributed by atoms with E-state index < -0.39 is 0 Å². The van der Waals surface area contributed by atoms with E-state index in [1.54, 1.807) is 0 Å². The van der Waals surface area contributed by atoms with E-state index in [2.05, 4.69) is 73.0 Å². The number of hydrogen-bond acceptors (Lipinski definition) is 1. The zero-order valence-electron chi connectivity index (χ0n) is 11.7. The van der Waals surface area contributed by atoms with Crippen molar-refractivity contribution in [3.8, 4) is 11.1 Å². The molecular weight excluding hydrogens is 260 g/mol. The maximum Gasteiger partial charge on any atom is -0.00295 e. The molecule has 3 aromatic rings. The van der Waals surface area contributed by atoms with Crippen molar-refractivity contribution in [1.82, 2.24) is 0 Å². The summed E-state index contributed by atoms with van der Waals surface area (Å²) < 4.78 is 0. The molecule has 0 aromatic heterocycles. The standard InChI is InChI=1S/C19H18S/c1-20-12-11-18-13-16-9-5-6-10-17(16)14-19(18)15-7-3-2-4-8-15/h2-10,13-14H,11-12H2,1H3. The molecule has 100 valence electrons. The lowest BCUT2D eigenvalue weighted by molar-refractivity contribution is 1.17. The molecule has 0 N–H and O–H groups in total. The highest BCUT2D eigenvalue weighted by atomic mass is 32.2. The third-order valence-corrected chi connectivity index (χ3v) is 4.24. The van der Waals surface area contributed by atoms with E-state index in [4.69, 9.17) is 0 Å². The molecule has 0 unspecified atom stereocenters. The van der Waals surface area contributed by atoms with Gasteiger partial charge in [0.1, 0.15) is 0 Å². The molecule has 20 heavy (non-hydrogen) atoms. The Hall–Kier alpha value is -1.73. The Balaban J connectivity index is 2.16. The molecule has 3 rings (SSSR count). The summed E-state index contributed by atoms with van der Waals surface area (Å²) in [6.45, 7) is 0. The fourth-order valence-corrected chi connectivity index (χ4v) is 3.02. The molecular formula is C19H18S. The average molecular weight is 278 g/mol. The summed E-state index contributed by atoms with van der Waals surface area (Å²) in [5.74, 6) is 1.16. The Morgan fingerprint density at radius 2 is 1.45 bits per heavy atom. The Bertz CT molecular complexity index is 701. The molecule has 0 amide bonds. The van der Waals surface area contributed by atoms with Crippen molar-refractivity contribution < 1.29 is 0 Å². The molecule has 0 aliphatic heterocycles. The maximum absolute atomic E-state index is 2.36. The van der Waals surface area contributed by atoms with Gasteiger partial charge < -0.3 is 0 Å². The van der Waals surface area contributed by atoms with Crippen LogP contribution in [0.3, 0.4) is 0 Å². The number of thioether (sulfide) groups is 1. The van der Waals surface area contributed by atoms with Gasteiger partial charge in [-0.2, -0.15) is 11.8 Å². The summed E-state index contributed by atoms with van der Waals surface area (Å²) in [5, 5.41) is 2.66. The molecule has 0 aliphatic carbocycles. The third kappa shape index (κ3) is 2.73. The number of aryl methyl sites for hydroxylation is 1. The minimum absolute atomic E-state index is 1.12. The van der Waals surface area contributed by atoms with Gasteiger partial charge in [-0.25, -0.2) is 0 Å². The van der Waals surface area contributed by atoms with Crippen molar-refractivity contribution in [2.45, 2.75) is 6.42 Å². The summed E-state index contributed by atoms with van der Waals surface area (Å²) in [5.41, 5.74) is 4.14. The Kier molecular flexibility index (Phi) is 4.08. The smallest absolute Gasteiger partial charge is 0.00295 e. The molecule has 0 saturated heterocycles. The molecule has 0 radical (unpaired) electrons. The van der Waals surface area contributed by atoms with E-state index in [0.717, 1.165) is 12.2 Å². The molecule has 0 fully saturated rings. The van der Waals surface area contributed by atoms with Gasteiger partial charge in [-0.05, 0) is 52.0 Å². The fourth-order valence-electron chi connectivity index (χ4n) is 2.59. The van der Waals surface area contributed by atoms with Crippen LogP contribution in [0.2, 0.25) is 0 Å². The Morgan fingerprint density at radius 1 is 0.800 bits per heavy atom. The first-order valence-electron chi connectivity index (χ1n) is 6.94. The number of hydrogen-bond donors (Lipinski definition) is 0. The van der Waals surface area contributed by atoms with Gasteiger partial charge >= 0.3 is 0 Å². The van der Waals surface area contributed by atoms with Gasteiger partial charge in [0.25, 0.3) is 0 Å². The van der Waals surface area contributed by atoms with E-state index in [-0.39, 0.29) is 0 Å². The summed E-state index contributed by atoms with van der Waals surface area (Å²) in [7, 11) is 0. The fraction of sp³-hybridized carbons (Fsp3) is 0.158. The second kappa shape index (κ2) is 6.15. The van der Waals surface area contributed by atoms with Crippen molar-refractivity contribution in [2.75, 3.05) is 12.0 Å². The van der Waals surface area contributed by atoms with Crippen molar-refractivity contribution in [1.29, 1.82) is 0 Å². The highest BCUT2D eigenvalue weighted by Crippen LogP contribution is 2.29. The van der Waals surface area contributed by atoms with Gasteiger partial charge in [0.05, 0.1) is 0 Å². The topological polar surface area (TPSA) is 0 Å². The first-order valence-corrected chi connectivity index (χ1v) is 8.34. The zero-order valence-corrected chi connectivity index (χ0v) is 12.5. The van der Waals surface area contributed by atoms with Crippen LogP contribution in [0, 0.1) is 0 Å². The average Bonchev–Trinajstić information content (AvgIpc) is 2.53. The van der Waals surface area contributed by atoms with Crippen LogP contribution in [0.5, 0.6) is 0 Å². The van der Waals surface area contributed by atoms with Crippen molar-refractivity contribution >= 4 is 22.5 Å². The van der Waals surface area contributed by atoms with Crippen LogP contribution in [0.25, 0.3) is 21.9 Å². The van der Waals surface area contributed by atoms with Gasteiger partial charge in [0, 0.05) is 0 Å². The molecule has 0 spiro atoms. The minimum atomic E-state index is 1.12. The number of fused-ring (bicyclic) bond motifs is 1. The van der Waals surface area contributed by atoms with Crippen LogP contribution >= 0.6 is 11.8 Å². The predicted octanol–water partition coefficient (Wildman–Crippen LogP) is 5.41. The Labute approximate surface area is 124 Å². The lowest BCUT2D eigenvalue weighted by atomic mass is 9.94.